The van der Waals surface area contributed by atoms with E-state index >= 15 is 0 Å². The molecule has 0 spiro atoms. The highest BCUT2D eigenvalue weighted by Gasteiger charge is 2.52. The van der Waals surface area contributed by atoms with E-state index < -0.39 is 0 Å². The Hall–Kier alpha value is -4.04. The van der Waals surface area contributed by atoms with Crippen molar-refractivity contribution in [1.82, 2.24) is 4.90 Å². The molecule has 2 heterocycles. The number of nitrogens with zero attached hydrogens (tertiary/aromatic N) is 1. The van der Waals surface area contributed by atoms with Crippen LogP contribution in [0.1, 0.15) is 143 Å². The summed E-state index contributed by atoms with van der Waals surface area (Å²) in [6.45, 7) is 24.7. The molecule has 59 heavy (non-hydrogen) atoms. The smallest absolute Gasteiger partial charge is 0.242 e. The number of hydrogen-bond donors (Lipinski definition) is 0. The summed E-state index contributed by atoms with van der Waals surface area (Å²) in [4.78, 5) is 2.93. The van der Waals surface area contributed by atoms with Gasteiger partial charge >= 0.3 is 0 Å². The van der Waals surface area contributed by atoms with E-state index in [0.717, 1.165) is 32.1 Å². The molecule has 2 heteroatoms. The van der Waals surface area contributed by atoms with Gasteiger partial charge < -0.3 is 4.90 Å². The monoisotopic (exact) mass is 780 g/mol. The van der Waals surface area contributed by atoms with Gasteiger partial charge in [0.15, 0.2) is 0 Å². The highest BCUT2D eigenvalue weighted by molar-refractivity contribution is 6.88. The summed E-state index contributed by atoms with van der Waals surface area (Å²) in [7, 11) is 0. The molecule has 5 atom stereocenters. The van der Waals surface area contributed by atoms with Gasteiger partial charge in [0.05, 0.1) is 6.04 Å². The molecule has 0 fully saturated rings. The van der Waals surface area contributed by atoms with Crippen LogP contribution < -0.4 is 5.46 Å². The summed E-state index contributed by atoms with van der Waals surface area (Å²) in [6, 6.07) is 19.3. The molecule has 0 N–H and O–H groups in total. The van der Waals surface area contributed by atoms with E-state index in [1.807, 2.05) is 0 Å². The second-order valence-corrected chi connectivity index (χ2v) is 22.3. The van der Waals surface area contributed by atoms with Crippen LogP contribution in [0.4, 0.5) is 0 Å². The van der Waals surface area contributed by atoms with Gasteiger partial charge in [-0.05, 0) is 125 Å². The molecule has 0 saturated heterocycles. The van der Waals surface area contributed by atoms with Crippen LogP contribution in [-0.2, 0) is 10.8 Å². The van der Waals surface area contributed by atoms with Crippen LogP contribution in [0, 0.1) is 28.6 Å². The number of allylic oxidation sites excluding steroid dienone is 16. The fraction of sp³-hybridized carbons (Fsp3) is 0.474. The van der Waals surface area contributed by atoms with E-state index in [2.05, 4.69) is 190 Å². The predicted molar refractivity (Wildman–Crippen MR) is 254 cm³/mol. The topological polar surface area (TPSA) is 3.24 Å². The van der Waals surface area contributed by atoms with Crippen LogP contribution in [-0.4, -0.2) is 17.7 Å². The molecule has 2 aromatic rings. The Morgan fingerprint density at radius 2 is 1.53 bits per heavy atom. The highest BCUT2D eigenvalue weighted by Crippen LogP contribution is 2.56. The zero-order valence-electron chi connectivity index (χ0n) is 38.0. The Kier molecular flexibility index (Phi) is 10.2. The van der Waals surface area contributed by atoms with Crippen molar-refractivity contribution in [2.45, 2.75) is 143 Å². The first-order chi connectivity index (χ1) is 28.0. The van der Waals surface area contributed by atoms with Crippen molar-refractivity contribution < 1.29 is 0 Å². The molecule has 5 unspecified atom stereocenters. The maximum absolute atomic E-state index is 2.93. The summed E-state index contributed by atoms with van der Waals surface area (Å²) in [6.07, 6.45) is 36.9. The lowest BCUT2D eigenvalue weighted by Crippen LogP contribution is -2.57. The quantitative estimate of drug-likeness (QED) is 0.208. The fourth-order valence-corrected chi connectivity index (χ4v) is 12.2. The van der Waals surface area contributed by atoms with Crippen molar-refractivity contribution in [3.05, 3.63) is 171 Å². The summed E-state index contributed by atoms with van der Waals surface area (Å²) in [5, 5.41) is 0. The Morgan fingerprint density at radius 1 is 0.729 bits per heavy atom. The molecule has 0 radical (unpaired) electrons. The van der Waals surface area contributed by atoms with Gasteiger partial charge in [-0.15, -0.1) is 0 Å². The van der Waals surface area contributed by atoms with Crippen LogP contribution in [0.15, 0.2) is 154 Å². The fourth-order valence-electron chi connectivity index (χ4n) is 12.2. The first kappa shape index (κ1) is 40.4. The largest absolute Gasteiger partial charge is 0.342 e. The average molecular weight is 780 g/mol. The lowest BCUT2D eigenvalue weighted by molar-refractivity contribution is 0.239. The van der Waals surface area contributed by atoms with E-state index in [9.17, 15) is 0 Å². The van der Waals surface area contributed by atoms with Crippen LogP contribution in [0.3, 0.4) is 0 Å². The predicted octanol–water partition coefficient (Wildman–Crippen LogP) is 14.1. The number of hydrogen-bond acceptors (Lipinski definition) is 1. The Labute approximate surface area is 358 Å². The molecule has 7 aliphatic rings. The van der Waals surface area contributed by atoms with Gasteiger partial charge in [-0.25, -0.2) is 0 Å². The van der Waals surface area contributed by atoms with Crippen molar-refractivity contribution in [3.8, 4) is 0 Å². The number of fused-ring (bicyclic) bond motifs is 4. The molecule has 1 nitrogen and oxygen atoms in total. The number of benzene rings is 2. The van der Waals surface area contributed by atoms with Crippen molar-refractivity contribution in [1.29, 1.82) is 0 Å². The normalized spacial score (nSPS) is 26.9. The Morgan fingerprint density at radius 3 is 2.25 bits per heavy atom. The van der Waals surface area contributed by atoms with Crippen molar-refractivity contribution in [2.75, 3.05) is 0 Å². The zero-order chi connectivity index (χ0) is 41.5. The Balaban J connectivity index is 1.22. The molecule has 2 aromatic carbocycles. The van der Waals surface area contributed by atoms with E-state index in [1.54, 1.807) is 38.8 Å². The van der Waals surface area contributed by atoms with Crippen LogP contribution >= 0.6 is 0 Å². The first-order valence-electron chi connectivity index (χ1n) is 23.3. The summed E-state index contributed by atoms with van der Waals surface area (Å²) in [5.41, 5.74) is 17.5. The molecule has 0 saturated carbocycles. The van der Waals surface area contributed by atoms with Crippen LogP contribution in [0.5, 0.6) is 0 Å². The second kappa shape index (κ2) is 14.9. The van der Waals surface area contributed by atoms with E-state index in [1.165, 1.54) is 41.7 Å². The third-order valence-electron chi connectivity index (χ3n) is 16.1. The van der Waals surface area contributed by atoms with E-state index in [4.69, 9.17) is 0 Å². The minimum absolute atomic E-state index is 0.0600. The molecule has 2 aliphatic heterocycles. The van der Waals surface area contributed by atoms with Gasteiger partial charge in [-0.2, -0.15) is 0 Å². The van der Waals surface area contributed by atoms with Crippen molar-refractivity contribution >= 4 is 12.2 Å². The molecule has 0 amide bonds. The van der Waals surface area contributed by atoms with Gasteiger partial charge in [0.2, 0.25) is 6.71 Å². The molecule has 9 rings (SSSR count). The molecular formula is C57H70BN. The standard InChI is InChI=1S/C57H70BN/c1-54(2,3)41-25-18-27-45(35-41)59-50-29-19-28-46-52(38-20-17-26-43(34-38)56(7,8)39-21-13-11-14-22-39)47-36-42(55(4,5)6)30-32-48(47)58(53(46)50)49-33-31-44(37-51(49)59)57(9,10)40-23-15-12-16-24-40/h12-13,15-18,21-28,30-33,36,38,41,43,51-52H,11,14,19-20,29,34-35,37H2,1-10H3. The van der Waals surface area contributed by atoms with Crippen LogP contribution in [0.25, 0.3) is 0 Å². The molecular weight excluding hydrogens is 709 g/mol. The summed E-state index contributed by atoms with van der Waals surface area (Å²) < 4.78 is 0. The van der Waals surface area contributed by atoms with Gasteiger partial charge in [0.1, 0.15) is 0 Å². The average Bonchev–Trinajstić information content (AvgIpc) is 3.23. The first-order valence-corrected chi connectivity index (χ1v) is 23.3. The lowest BCUT2D eigenvalue weighted by atomic mass is 9.27. The van der Waals surface area contributed by atoms with Crippen molar-refractivity contribution in [3.63, 3.8) is 0 Å². The third kappa shape index (κ3) is 7.03. The van der Waals surface area contributed by atoms with E-state index in [0.29, 0.717) is 29.7 Å². The maximum atomic E-state index is 2.93. The highest BCUT2D eigenvalue weighted by atomic mass is 15.2. The molecule has 306 valence electrons. The minimum atomic E-state index is -0.0600. The summed E-state index contributed by atoms with van der Waals surface area (Å²) >= 11 is 0. The minimum Gasteiger partial charge on any atom is -0.342 e. The van der Waals surface area contributed by atoms with E-state index in [-0.39, 0.29) is 28.4 Å². The van der Waals surface area contributed by atoms with Crippen LogP contribution in [0.2, 0.25) is 0 Å². The van der Waals surface area contributed by atoms with Gasteiger partial charge in [0.25, 0.3) is 0 Å². The lowest BCUT2D eigenvalue weighted by Gasteiger charge is -2.54. The van der Waals surface area contributed by atoms with Gasteiger partial charge in [-0.3, -0.25) is 0 Å². The van der Waals surface area contributed by atoms with Gasteiger partial charge in [0, 0.05) is 22.7 Å². The maximum Gasteiger partial charge on any atom is 0.242 e. The molecule has 5 aliphatic carbocycles. The van der Waals surface area contributed by atoms with Gasteiger partial charge in [-0.1, -0.05) is 195 Å². The Bertz CT molecular complexity index is 2280. The molecule has 0 bridgehead atoms. The summed E-state index contributed by atoms with van der Waals surface area (Å²) in [5.74, 6) is 1.96. The third-order valence-corrected chi connectivity index (χ3v) is 16.1. The zero-order valence-corrected chi connectivity index (χ0v) is 38.0. The van der Waals surface area contributed by atoms with Crippen molar-refractivity contribution in [2.24, 2.45) is 28.6 Å². The SMILES string of the molecule is CC(C)(C)c1ccc2c(c1)C(C1CC=CC(C(C)(C)C3=CCCC=C3)C1)C1=CCCC3=C1B2C1=CC=C(C(C)(C)c2ccccc2)CC1N3C1=CC=CC(C(C)(C)C)C1. The second-order valence-electron chi connectivity index (χ2n) is 22.3. The molecule has 0 aromatic heterocycles. The number of rotatable bonds is 6.